The number of aromatic nitrogens is 1. The molecule has 1 aliphatic carbocycles. The van der Waals surface area contributed by atoms with Gasteiger partial charge in [0.15, 0.2) is 0 Å². The molecule has 2 aromatic carbocycles. The van der Waals surface area contributed by atoms with E-state index in [0.717, 1.165) is 34.4 Å². The van der Waals surface area contributed by atoms with Gasteiger partial charge in [-0.2, -0.15) is 0 Å². The number of carbonyl (C=O) groups is 1. The second-order valence-electron chi connectivity index (χ2n) is 8.72. The minimum absolute atomic E-state index is 0.0285. The van der Waals surface area contributed by atoms with Gasteiger partial charge in [0.2, 0.25) is 5.91 Å². The van der Waals surface area contributed by atoms with Gasteiger partial charge in [0.05, 0.1) is 12.3 Å². The molecular formula is C27H31N3O2. The topological polar surface area (TPSA) is 74.2 Å². The third-order valence-corrected chi connectivity index (χ3v) is 6.19. The first-order valence-electron chi connectivity index (χ1n) is 11.2. The van der Waals surface area contributed by atoms with Gasteiger partial charge < -0.3 is 15.7 Å². The molecule has 1 saturated carbocycles. The molecule has 1 amide bonds. The van der Waals surface area contributed by atoms with E-state index in [-0.39, 0.29) is 18.4 Å². The minimum Gasteiger partial charge on any atom is -0.392 e. The number of aliphatic hydroxyl groups excluding tert-OH is 1. The molecule has 0 radical (unpaired) electrons. The SMILES string of the molecule is Cc1cnc(CNCc2ccc(CNC(=O)C3C[C@H]3c3ccccc3)cc2CO)c(C)c1. The Labute approximate surface area is 189 Å². The zero-order valence-electron chi connectivity index (χ0n) is 18.8. The summed E-state index contributed by atoms with van der Waals surface area (Å²) in [7, 11) is 0. The van der Waals surface area contributed by atoms with E-state index >= 15 is 0 Å². The summed E-state index contributed by atoms with van der Waals surface area (Å²) in [6.07, 6.45) is 2.80. The van der Waals surface area contributed by atoms with E-state index in [1.54, 1.807) is 0 Å². The van der Waals surface area contributed by atoms with Crippen LogP contribution in [0.3, 0.4) is 0 Å². The molecule has 166 valence electrons. The molecular weight excluding hydrogens is 398 g/mol. The summed E-state index contributed by atoms with van der Waals surface area (Å²) in [5.41, 5.74) is 7.55. The highest BCUT2D eigenvalue weighted by Crippen LogP contribution is 2.47. The Morgan fingerprint density at radius 2 is 1.84 bits per heavy atom. The Morgan fingerprint density at radius 1 is 1.03 bits per heavy atom. The van der Waals surface area contributed by atoms with E-state index in [1.165, 1.54) is 11.1 Å². The van der Waals surface area contributed by atoms with Crippen LogP contribution in [0.4, 0.5) is 0 Å². The van der Waals surface area contributed by atoms with Crippen molar-refractivity contribution in [2.45, 2.75) is 52.4 Å². The zero-order valence-corrected chi connectivity index (χ0v) is 18.8. The number of aliphatic hydroxyl groups is 1. The van der Waals surface area contributed by atoms with E-state index in [4.69, 9.17) is 0 Å². The highest BCUT2D eigenvalue weighted by atomic mass is 16.3. The van der Waals surface area contributed by atoms with Crippen LogP contribution in [0, 0.1) is 19.8 Å². The van der Waals surface area contributed by atoms with Crippen LogP contribution in [0.1, 0.15) is 51.4 Å². The Morgan fingerprint density at radius 3 is 2.59 bits per heavy atom. The molecule has 1 unspecified atom stereocenters. The lowest BCUT2D eigenvalue weighted by Gasteiger charge is -2.13. The molecule has 1 aliphatic rings. The first-order valence-corrected chi connectivity index (χ1v) is 11.2. The summed E-state index contributed by atoms with van der Waals surface area (Å²) < 4.78 is 0. The number of pyridine rings is 1. The molecule has 32 heavy (non-hydrogen) atoms. The lowest BCUT2D eigenvalue weighted by atomic mass is 10.0. The number of benzene rings is 2. The highest BCUT2D eigenvalue weighted by molar-refractivity contribution is 5.82. The molecule has 5 nitrogen and oxygen atoms in total. The van der Waals surface area contributed by atoms with Gasteiger partial charge in [0, 0.05) is 31.7 Å². The fourth-order valence-electron chi connectivity index (χ4n) is 4.23. The third-order valence-electron chi connectivity index (χ3n) is 6.19. The quantitative estimate of drug-likeness (QED) is 0.482. The van der Waals surface area contributed by atoms with Crippen molar-refractivity contribution in [3.63, 3.8) is 0 Å². The number of rotatable bonds is 9. The second kappa shape index (κ2) is 10.1. The number of hydrogen-bond donors (Lipinski definition) is 3. The van der Waals surface area contributed by atoms with E-state index < -0.39 is 0 Å². The van der Waals surface area contributed by atoms with Gasteiger partial charge in [0.1, 0.15) is 0 Å². The van der Waals surface area contributed by atoms with Crippen molar-refractivity contribution < 1.29 is 9.90 Å². The molecule has 1 fully saturated rings. The zero-order chi connectivity index (χ0) is 22.5. The predicted molar refractivity (Wildman–Crippen MR) is 126 cm³/mol. The van der Waals surface area contributed by atoms with Gasteiger partial charge in [-0.3, -0.25) is 9.78 Å². The number of nitrogens with zero attached hydrogens (tertiary/aromatic N) is 1. The van der Waals surface area contributed by atoms with Crippen LogP contribution in [0.25, 0.3) is 0 Å². The predicted octanol–water partition coefficient (Wildman–Crippen LogP) is 3.90. The maximum absolute atomic E-state index is 12.5. The maximum Gasteiger partial charge on any atom is 0.224 e. The van der Waals surface area contributed by atoms with Gasteiger partial charge in [0.25, 0.3) is 0 Å². The molecule has 5 heteroatoms. The Bertz CT molecular complexity index is 1080. The minimum atomic E-state index is -0.0285. The molecule has 0 bridgehead atoms. The average Bonchev–Trinajstić information content (AvgIpc) is 3.61. The van der Waals surface area contributed by atoms with Crippen LogP contribution in [-0.4, -0.2) is 16.0 Å². The van der Waals surface area contributed by atoms with Crippen molar-refractivity contribution >= 4 is 5.91 Å². The van der Waals surface area contributed by atoms with Crippen molar-refractivity contribution in [2.24, 2.45) is 5.92 Å². The van der Waals surface area contributed by atoms with Gasteiger partial charge in [-0.1, -0.05) is 54.6 Å². The number of amides is 1. The summed E-state index contributed by atoms with van der Waals surface area (Å²) in [5.74, 6) is 0.512. The van der Waals surface area contributed by atoms with Crippen LogP contribution in [0.15, 0.2) is 60.8 Å². The molecule has 0 spiro atoms. The van der Waals surface area contributed by atoms with E-state index in [0.29, 0.717) is 25.6 Å². The van der Waals surface area contributed by atoms with Crippen LogP contribution < -0.4 is 10.6 Å². The van der Waals surface area contributed by atoms with Crippen molar-refractivity contribution in [1.82, 2.24) is 15.6 Å². The maximum atomic E-state index is 12.5. The van der Waals surface area contributed by atoms with Crippen molar-refractivity contribution in [3.8, 4) is 0 Å². The van der Waals surface area contributed by atoms with Crippen LogP contribution in [0.2, 0.25) is 0 Å². The number of aryl methyl sites for hydroxylation is 2. The van der Waals surface area contributed by atoms with E-state index in [2.05, 4.69) is 40.7 Å². The first-order chi connectivity index (χ1) is 15.5. The van der Waals surface area contributed by atoms with Crippen LogP contribution >= 0.6 is 0 Å². The van der Waals surface area contributed by atoms with Crippen LogP contribution in [-0.2, 0) is 31.0 Å². The molecule has 2 atom stereocenters. The fraction of sp³-hybridized carbons (Fsp3) is 0.333. The highest BCUT2D eigenvalue weighted by Gasteiger charge is 2.43. The average molecular weight is 430 g/mol. The largest absolute Gasteiger partial charge is 0.392 e. The normalized spacial score (nSPS) is 17.2. The third kappa shape index (κ3) is 5.42. The van der Waals surface area contributed by atoms with Gasteiger partial charge in [-0.15, -0.1) is 0 Å². The Hall–Kier alpha value is -3.02. The summed E-state index contributed by atoms with van der Waals surface area (Å²) in [6.45, 7) is 5.89. The number of carbonyl (C=O) groups excluding carboxylic acids is 1. The van der Waals surface area contributed by atoms with Gasteiger partial charge in [-0.05, 0) is 59.6 Å². The summed E-state index contributed by atoms with van der Waals surface area (Å²) in [5, 5.41) is 16.3. The smallest absolute Gasteiger partial charge is 0.224 e. The standard InChI is InChI=1S/C27H31N3O2/c1-18-10-19(2)26(29-13-18)16-28-15-22-9-8-20(11-23(22)17-31)14-30-27(32)25-12-24(25)21-6-4-3-5-7-21/h3-11,13,24-25,28,31H,12,14-17H2,1-2H3,(H,30,32)/t24-,25?/m0/s1. The van der Waals surface area contributed by atoms with Crippen molar-refractivity contribution in [2.75, 3.05) is 0 Å². The second-order valence-corrected chi connectivity index (χ2v) is 8.72. The lowest BCUT2D eigenvalue weighted by Crippen LogP contribution is -2.25. The van der Waals surface area contributed by atoms with E-state index in [1.807, 2.05) is 49.5 Å². The molecule has 1 heterocycles. The molecule has 1 aromatic heterocycles. The molecule has 3 aromatic rings. The van der Waals surface area contributed by atoms with Crippen molar-refractivity contribution in [1.29, 1.82) is 0 Å². The van der Waals surface area contributed by atoms with Gasteiger partial charge >= 0.3 is 0 Å². The fourth-order valence-corrected chi connectivity index (χ4v) is 4.23. The molecule has 0 aliphatic heterocycles. The Balaban J connectivity index is 1.29. The summed E-state index contributed by atoms with van der Waals surface area (Å²) in [6, 6.07) is 18.4. The molecule has 4 rings (SSSR count). The number of nitrogens with one attached hydrogen (secondary N) is 2. The van der Waals surface area contributed by atoms with Crippen LogP contribution in [0.5, 0.6) is 0 Å². The monoisotopic (exact) mass is 429 g/mol. The first kappa shape index (κ1) is 22.2. The van der Waals surface area contributed by atoms with E-state index in [9.17, 15) is 9.90 Å². The molecule has 3 N–H and O–H groups in total. The van der Waals surface area contributed by atoms with Gasteiger partial charge in [-0.25, -0.2) is 0 Å². The summed E-state index contributed by atoms with van der Waals surface area (Å²) in [4.78, 5) is 17.0. The number of hydrogen-bond acceptors (Lipinski definition) is 4. The van der Waals surface area contributed by atoms with Crippen molar-refractivity contribution in [3.05, 3.63) is 99.9 Å². The molecule has 0 saturated heterocycles. The Kier molecular flexibility index (Phi) is 6.98. The lowest BCUT2D eigenvalue weighted by molar-refractivity contribution is -0.122. The summed E-state index contributed by atoms with van der Waals surface area (Å²) >= 11 is 0.